The van der Waals surface area contributed by atoms with Crippen LogP contribution in [0.4, 0.5) is 5.69 Å². The summed E-state index contributed by atoms with van der Waals surface area (Å²) in [5.41, 5.74) is -0.124. The number of aliphatic carboxylic acids is 2. The van der Waals surface area contributed by atoms with Crippen molar-refractivity contribution in [3.63, 3.8) is 0 Å². The Hall–Kier alpha value is -1.88. The lowest BCUT2D eigenvalue weighted by molar-refractivity contribution is -0.137. The zero-order chi connectivity index (χ0) is 12.1. The fourth-order valence-electron chi connectivity index (χ4n) is 1.01. The molecule has 84 valence electrons. The highest BCUT2D eigenvalue weighted by Gasteiger charge is 2.13. The first kappa shape index (κ1) is 12.2. The monoisotopic (exact) mass is 241 g/mol. The van der Waals surface area contributed by atoms with Crippen molar-refractivity contribution < 1.29 is 19.8 Å². The molecule has 6 heteroatoms. The minimum Gasteiger partial charge on any atom is -0.481 e. The van der Waals surface area contributed by atoms with Crippen molar-refractivity contribution in [1.82, 2.24) is 0 Å². The van der Waals surface area contributed by atoms with Gasteiger partial charge < -0.3 is 10.2 Å². The molecule has 0 heterocycles. The SMILES string of the molecule is O=C(O)CC(=Nc1cccc(Cl)c1)C(=O)O. The normalized spacial score (nSPS) is 11.2. The lowest BCUT2D eigenvalue weighted by atomic mass is 10.2. The van der Waals surface area contributed by atoms with Gasteiger partial charge >= 0.3 is 11.9 Å². The van der Waals surface area contributed by atoms with Gasteiger partial charge in [0.1, 0.15) is 5.71 Å². The Morgan fingerprint density at radius 2 is 2.00 bits per heavy atom. The highest BCUT2D eigenvalue weighted by atomic mass is 35.5. The van der Waals surface area contributed by atoms with Gasteiger partial charge in [0.25, 0.3) is 0 Å². The summed E-state index contributed by atoms with van der Waals surface area (Å²) in [6, 6.07) is 6.20. The molecule has 0 amide bonds. The minimum absolute atomic E-state index is 0.311. The van der Waals surface area contributed by atoms with E-state index in [1.54, 1.807) is 12.1 Å². The summed E-state index contributed by atoms with van der Waals surface area (Å²) in [6.07, 6.45) is -0.637. The van der Waals surface area contributed by atoms with Crippen LogP contribution in [0.5, 0.6) is 0 Å². The van der Waals surface area contributed by atoms with Crippen LogP contribution in [-0.4, -0.2) is 27.9 Å². The number of halogens is 1. The molecule has 5 nitrogen and oxygen atoms in total. The van der Waals surface area contributed by atoms with Crippen molar-refractivity contribution in [2.45, 2.75) is 6.42 Å². The summed E-state index contributed by atoms with van der Waals surface area (Å²) in [7, 11) is 0. The number of hydrogen-bond donors (Lipinski definition) is 2. The van der Waals surface area contributed by atoms with Gasteiger partial charge in [0.2, 0.25) is 0 Å². The molecule has 0 saturated carbocycles. The lowest BCUT2D eigenvalue weighted by Crippen LogP contribution is -2.16. The number of benzene rings is 1. The molecule has 0 aliphatic heterocycles. The van der Waals surface area contributed by atoms with E-state index in [9.17, 15) is 9.59 Å². The second-order valence-electron chi connectivity index (χ2n) is 2.91. The number of carbonyl (C=O) groups is 2. The average molecular weight is 242 g/mol. The third-order valence-electron chi connectivity index (χ3n) is 1.64. The number of carboxylic acid groups (broad SMARTS) is 2. The number of nitrogens with zero attached hydrogens (tertiary/aromatic N) is 1. The van der Waals surface area contributed by atoms with Gasteiger partial charge in [-0.2, -0.15) is 0 Å². The van der Waals surface area contributed by atoms with Crippen LogP contribution in [0.3, 0.4) is 0 Å². The Kier molecular flexibility index (Phi) is 4.02. The van der Waals surface area contributed by atoms with Crippen molar-refractivity contribution in [3.05, 3.63) is 29.3 Å². The van der Waals surface area contributed by atoms with E-state index in [1.807, 2.05) is 0 Å². The molecule has 0 aromatic heterocycles. The van der Waals surface area contributed by atoms with Crippen LogP contribution in [0, 0.1) is 0 Å². The van der Waals surface area contributed by atoms with Gasteiger partial charge in [-0.3, -0.25) is 4.79 Å². The molecule has 16 heavy (non-hydrogen) atoms. The van der Waals surface area contributed by atoms with E-state index < -0.39 is 24.1 Å². The van der Waals surface area contributed by atoms with E-state index in [0.29, 0.717) is 10.7 Å². The molecule has 0 unspecified atom stereocenters. The van der Waals surface area contributed by atoms with Gasteiger partial charge in [-0.1, -0.05) is 17.7 Å². The van der Waals surface area contributed by atoms with Crippen molar-refractivity contribution >= 4 is 34.9 Å². The second-order valence-corrected chi connectivity index (χ2v) is 3.35. The largest absolute Gasteiger partial charge is 0.481 e. The van der Waals surface area contributed by atoms with Crippen molar-refractivity contribution in [2.75, 3.05) is 0 Å². The van der Waals surface area contributed by atoms with Gasteiger partial charge in [0.15, 0.2) is 0 Å². The highest BCUT2D eigenvalue weighted by Crippen LogP contribution is 2.18. The molecule has 0 aliphatic carbocycles. The third-order valence-corrected chi connectivity index (χ3v) is 1.87. The topological polar surface area (TPSA) is 87.0 Å². The zero-order valence-electron chi connectivity index (χ0n) is 8.05. The quantitative estimate of drug-likeness (QED) is 0.789. The Labute approximate surface area is 96.0 Å². The molecular formula is C10H8ClNO4. The molecule has 0 saturated heterocycles. The molecule has 0 radical (unpaired) electrons. The summed E-state index contributed by atoms with van der Waals surface area (Å²) in [5, 5.41) is 17.6. The van der Waals surface area contributed by atoms with Gasteiger partial charge in [-0.25, -0.2) is 9.79 Å². The molecule has 0 spiro atoms. The number of rotatable bonds is 4. The zero-order valence-corrected chi connectivity index (χ0v) is 8.81. The fraction of sp³-hybridized carbons (Fsp3) is 0.100. The maximum Gasteiger partial charge on any atom is 0.350 e. The summed E-state index contributed by atoms with van der Waals surface area (Å²) in [6.45, 7) is 0. The van der Waals surface area contributed by atoms with Gasteiger partial charge in [-0.05, 0) is 18.2 Å². The summed E-state index contributed by atoms with van der Waals surface area (Å²) >= 11 is 5.68. The molecule has 2 N–H and O–H groups in total. The van der Waals surface area contributed by atoms with E-state index in [1.165, 1.54) is 12.1 Å². The predicted molar refractivity (Wildman–Crippen MR) is 58.4 cm³/mol. The second kappa shape index (κ2) is 5.27. The highest BCUT2D eigenvalue weighted by molar-refractivity contribution is 6.39. The number of carboxylic acids is 2. The molecule has 1 aromatic rings. The first-order valence-corrected chi connectivity index (χ1v) is 4.65. The Bertz CT molecular complexity index is 456. The van der Waals surface area contributed by atoms with E-state index in [-0.39, 0.29) is 0 Å². The molecular weight excluding hydrogens is 234 g/mol. The van der Waals surface area contributed by atoms with Crippen LogP contribution in [0.1, 0.15) is 6.42 Å². The Balaban J connectivity index is 3.02. The van der Waals surface area contributed by atoms with E-state index >= 15 is 0 Å². The van der Waals surface area contributed by atoms with Crippen LogP contribution in [0.15, 0.2) is 29.3 Å². The smallest absolute Gasteiger partial charge is 0.350 e. The fourth-order valence-corrected chi connectivity index (χ4v) is 1.19. The molecule has 1 aromatic carbocycles. The lowest BCUT2D eigenvalue weighted by Gasteiger charge is -1.99. The summed E-state index contributed by atoms with van der Waals surface area (Å²) in [4.78, 5) is 24.8. The van der Waals surface area contributed by atoms with Crippen LogP contribution in [-0.2, 0) is 9.59 Å². The molecule has 0 bridgehead atoms. The Morgan fingerprint density at radius 1 is 1.31 bits per heavy atom. The van der Waals surface area contributed by atoms with Crippen LogP contribution in [0.25, 0.3) is 0 Å². The van der Waals surface area contributed by atoms with E-state index in [4.69, 9.17) is 21.8 Å². The molecule has 0 fully saturated rings. The van der Waals surface area contributed by atoms with E-state index in [2.05, 4.69) is 4.99 Å². The molecule has 0 aliphatic rings. The van der Waals surface area contributed by atoms with Crippen molar-refractivity contribution in [3.8, 4) is 0 Å². The van der Waals surface area contributed by atoms with Crippen LogP contribution in [0.2, 0.25) is 5.02 Å². The third kappa shape index (κ3) is 3.70. The Morgan fingerprint density at radius 3 is 2.50 bits per heavy atom. The van der Waals surface area contributed by atoms with Gasteiger partial charge in [-0.15, -0.1) is 0 Å². The maximum absolute atomic E-state index is 10.7. The predicted octanol–water partition coefficient (Wildman–Crippen LogP) is 1.97. The minimum atomic E-state index is -1.36. The molecule has 0 atom stereocenters. The summed E-state index contributed by atoms with van der Waals surface area (Å²) < 4.78 is 0. The first-order valence-electron chi connectivity index (χ1n) is 4.27. The number of aliphatic imine (C=N–C) groups is 1. The maximum atomic E-state index is 10.7. The van der Waals surface area contributed by atoms with E-state index in [0.717, 1.165) is 0 Å². The van der Waals surface area contributed by atoms with Gasteiger partial charge in [0, 0.05) is 5.02 Å². The first-order chi connectivity index (χ1) is 7.49. The van der Waals surface area contributed by atoms with Crippen LogP contribution < -0.4 is 0 Å². The van der Waals surface area contributed by atoms with Crippen molar-refractivity contribution in [1.29, 1.82) is 0 Å². The summed E-state index contributed by atoms with van der Waals surface area (Å²) in [5.74, 6) is -2.61. The van der Waals surface area contributed by atoms with Gasteiger partial charge in [0.05, 0.1) is 12.1 Å². The number of hydrogen-bond acceptors (Lipinski definition) is 3. The molecule has 1 rings (SSSR count). The van der Waals surface area contributed by atoms with Crippen molar-refractivity contribution in [2.24, 2.45) is 4.99 Å². The average Bonchev–Trinajstić information content (AvgIpc) is 2.15. The van der Waals surface area contributed by atoms with Crippen LogP contribution >= 0.6 is 11.6 Å². The standard InChI is InChI=1S/C10H8ClNO4/c11-6-2-1-3-7(4-6)12-8(10(15)16)5-9(13)14/h1-4H,5H2,(H,13,14)(H,15,16).